The van der Waals surface area contributed by atoms with Crippen molar-refractivity contribution in [2.24, 2.45) is 0 Å². The third kappa shape index (κ3) is 7.04. The molecule has 0 fully saturated rings. The number of carbonyl (C=O) groups excluding carboxylic acids is 2. The molecular weight excluding hydrogens is 288 g/mol. The third-order valence-corrected chi connectivity index (χ3v) is 2.17. The molecule has 0 radical (unpaired) electrons. The molecule has 0 spiro atoms. The lowest BCUT2D eigenvalue weighted by Gasteiger charge is -2.03. The number of rotatable bonds is 4. The monoisotopic (exact) mass is 306 g/mol. The topological polar surface area (TPSA) is 89.9 Å². The highest BCUT2D eigenvalue weighted by Gasteiger charge is 2.08. The molecular formula is C16H18O6. The molecule has 0 heterocycles. The molecule has 118 valence electrons. The van der Waals surface area contributed by atoms with E-state index in [2.05, 4.69) is 17.9 Å². The zero-order valence-electron chi connectivity index (χ0n) is 12.7. The standard InChI is InChI=1S/C11H10O4.C5H8O2/c1-7(2)11(14)15-9-5-3-4-8(6-9)10(12)13;1-4(2)5(6)7-3/h3-6H,1H2,2H3,(H,12,13);1H2,2-3H3. The van der Waals surface area contributed by atoms with Crippen molar-refractivity contribution in [3.8, 4) is 5.75 Å². The molecule has 1 aromatic rings. The first kappa shape index (κ1) is 19.1. The van der Waals surface area contributed by atoms with Gasteiger partial charge in [-0.15, -0.1) is 0 Å². The second kappa shape index (κ2) is 9.12. The first-order valence-electron chi connectivity index (χ1n) is 6.14. The fourth-order valence-electron chi connectivity index (χ4n) is 1.06. The molecule has 0 aromatic heterocycles. The Labute approximate surface area is 128 Å². The van der Waals surface area contributed by atoms with Gasteiger partial charge in [-0.2, -0.15) is 0 Å². The Morgan fingerprint density at radius 3 is 1.95 bits per heavy atom. The number of hydrogen-bond acceptors (Lipinski definition) is 5. The highest BCUT2D eigenvalue weighted by molar-refractivity contribution is 5.90. The molecule has 0 atom stereocenters. The van der Waals surface area contributed by atoms with Gasteiger partial charge in [0.25, 0.3) is 0 Å². The molecule has 0 saturated carbocycles. The largest absolute Gasteiger partial charge is 0.478 e. The van der Waals surface area contributed by atoms with Crippen molar-refractivity contribution in [1.82, 2.24) is 0 Å². The van der Waals surface area contributed by atoms with Gasteiger partial charge in [0, 0.05) is 11.1 Å². The number of carboxylic acids is 1. The summed E-state index contributed by atoms with van der Waals surface area (Å²) < 4.78 is 9.14. The predicted molar refractivity (Wildman–Crippen MR) is 80.7 cm³/mol. The molecule has 0 bridgehead atoms. The van der Waals surface area contributed by atoms with Crippen LogP contribution >= 0.6 is 0 Å². The van der Waals surface area contributed by atoms with Crippen molar-refractivity contribution in [1.29, 1.82) is 0 Å². The Bertz CT molecular complexity index is 600. The first-order valence-corrected chi connectivity index (χ1v) is 6.14. The third-order valence-electron chi connectivity index (χ3n) is 2.17. The summed E-state index contributed by atoms with van der Waals surface area (Å²) in [6, 6.07) is 5.71. The van der Waals surface area contributed by atoms with E-state index in [9.17, 15) is 14.4 Å². The summed E-state index contributed by atoms with van der Waals surface area (Å²) in [7, 11) is 1.33. The van der Waals surface area contributed by atoms with Crippen LogP contribution in [-0.2, 0) is 14.3 Å². The number of esters is 2. The van der Waals surface area contributed by atoms with Crippen LogP contribution < -0.4 is 4.74 Å². The van der Waals surface area contributed by atoms with Crippen LogP contribution in [0.25, 0.3) is 0 Å². The lowest BCUT2D eigenvalue weighted by molar-refractivity contribution is -0.136. The van der Waals surface area contributed by atoms with Crippen LogP contribution in [0.2, 0.25) is 0 Å². The van der Waals surface area contributed by atoms with Crippen LogP contribution in [0.4, 0.5) is 0 Å². The van der Waals surface area contributed by atoms with E-state index < -0.39 is 11.9 Å². The van der Waals surface area contributed by atoms with Gasteiger partial charge in [-0.3, -0.25) is 0 Å². The smallest absolute Gasteiger partial charge is 0.338 e. The van der Waals surface area contributed by atoms with Crippen LogP contribution in [0, 0.1) is 0 Å². The minimum Gasteiger partial charge on any atom is -0.478 e. The molecule has 0 aliphatic heterocycles. The predicted octanol–water partition coefficient (Wildman–Crippen LogP) is 2.60. The Balaban J connectivity index is 0.000000534. The van der Waals surface area contributed by atoms with Gasteiger partial charge in [0.15, 0.2) is 0 Å². The molecule has 1 rings (SSSR count). The molecule has 0 aliphatic rings. The Kier molecular flexibility index (Phi) is 7.92. The summed E-state index contributed by atoms with van der Waals surface area (Å²) >= 11 is 0. The molecule has 6 nitrogen and oxygen atoms in total. The SMILES string of the molecule is C=C(C)C(=O)OC.C=C(C)C(=O)Oc1cccc(C(=O)O)c1. The maximum atomic E-state index is 11.1. The van der Waals surface area contributed by atoms with Gasteiger partial charge in [-0.05, 0) is 32.0 Å². The van der Waals surface area contributed by atoms with E-state index >= 15 is 0 Å². The van der Waals surface area contributed by atoms with E-state index in [0.29, 0.717) is 5.57 Å². The van der Waals surface area contributed by atoms with Crippen molar-refractivity contribution in [2.75, 3.05) is 7.11 Å². The van der Waals surface area contributed by atoms with Gasteiger partial charge < -0.3 is 14.6 Å². The van der Waals surface area contributed by atoms with Crippen molar-refractivity contribution in [3.63, 3.8) is 0 Å². The highest BCUT2D eigenvalue weighted by atomic mass is 16.5. The quantitative estimate of drug-likeness (QED) is 0.522. The second-order valence-electron chi connectivity index (χ2n) is 4.27. The summed E-state index contributed by atoms with van der Waals surface area (Å²) in [4.78, 5) is 31.9. The number of methoxy groups -OCH3 is 1. The Morgan fingerprint density at radius 2 is 1.59 bits per heavy atom. The summed E-state index contributed by atoms with van der Waals surface area (Å²) in [5.74, 6) is -1.79. The molecule has 22 heavy (non-hydrogen) atoms. The minimum absolute atomic E-state index is 0.0713. The number of carboxylic acid groups (broad SMARTS) is 1. The van der Waals surface area contributed by atoms with Crippen molar-refractivity contribution >= 4 is 17.9 Å². The van der Waals surface area contributed by atoms with E-state index in [1.807, 2.05) is 0 Å². The summed E-state index contributed by atoms with van der Waals surface area (Å²) in [5.41, 5.74) is 0.764. The molecule has 6 heteroatoms. The fraction of sp³-hybridized carbons (Fsp3) is 0.188. The average Bonchev–Trinajstić information content (AvgIpc) is 2.46. The number of hydrogen-bond donors (Lipinski definition) is 1. The number of ether oxygens (including phenoxy) is 2. The average molecular weight is 306 g/mol. The zero-order chi connectivity index (χ0) is 17.3. The number of aromatic carboxylic acids is 1. The van der Waals surface area contributed by atoms with E-state index in [4.69, 9.17) is 9.84 Å². The Hall–Kier alpha value is -2.89. The number of carbonyl (C=O) groups is 3. The van der Waals surface area contributed by atoms with Crippen molar-refractivity contribution < 1.29 is 29.0 Å². The molecule has 1 aromatic carbocycles. The maximum Gasteiger partial charge on any atom is 0.338 e. The lowest BCUT2D eigenvalue weighted by atomic mass is 10.2. The lowest BCUT2D eigenvalue weighted by Crippen LogP contribution is -2.08. The van der Waals surface area contributed by atoms with Crippen LogP contribution in [0.1, 0.15) is 24.2 Å². The molecule has 0 saturated heterocycles. The summed E-state index contributed by atoms with van der Waals surface area (Å²) in [6.07, 6.45) is 0. The van der Waals surface area contributed by atoms with Crippen LogP contribution in [0.3, 0.4) is 0 Å². The van der Waals surface area contributed by atoms with Crippen LogP contribution in [0.5, 0.6) is 5.75 Å². The minimum atomic E-state index is -1.07. The van der Waals surface area contributed by atoms with Crippen molar-refractivity contribution in [2.45, 2.75) is 13.8 Å². The van der Waals surface area contributed by atoms with Crippen LogP contribution in [-0.4, -0.2) is 30.1 Å². The van der Waals surface area contributed by atoms with E-state index in [-0.39, 0.29) is 22.9 Å². The normalized spacial score (nSPS) is 8.86. The van der Waals surface area contributed by atoms with Gasteiger partial charge in [-0.25, -0.2) is 14.4 Å². The molecule has 0 amide bonds. The van der Waals surface area contributed by atoms with Crippen LogP contribution in [0.15, 0.2) is 48.6 Å². The summed E-state index contributed by atoms with van der Waals surface area (Å²) in [6.45, 7) is 9.89. The first-order chi connectivity index (χ1) is 10.2. The molecule has 1 N–H and O–H groups in total. The van der Waals surface area contributed by atoms with Gasteiger partial charge in [-0.1, -0.05) is 19.2 Å². The van der Waals surface area contributed by atoms with Gasteiger partial charge in [0.2, 0.25) is 0 Å². The summed E-state index contributed by atoms with van der Waals surface area (Å²) in [5, 5.41) is 8.69. The van der Waals surface area contributed by atoms with Gasteiger partial charge >= 0.3 is 17.9 Å². The Morgan fingerprint density at radius 1 is 1.05 bits per heavy atom. The molecule has 0 aliphatic carbocycles. The van der Waals surface area contributed by atoms with Gasteiger partial charge in [0.05, 0.1) is 12.7 Å². The number of benzene rings is 1. The fourth-order valence-corrected chi connectivity index (χ4v) is 1.06. The van der Waals surface area contributed by atoms with Crippen molar-refractivity contribution in [3.05, 3.63) is 54.1 Å². The second-order valence-corrected chi connectivity index (χ2v) is 4.27. The van der Waals surface area contributed by atoms with E-state index in [0.717, 1.165) is 0 Å². The van der Waals surface area contributed by atoms with E-state index in [1.54, 1.807) is 6.92 Å². The van der Waals surface area contributed by atoms with E-state index in [1.165, 1.54) is 38.3 Å². The zero-order valence-corrected chi connectivity index (χ0v) is 12.7. The molecule has 0 unspecified atom stereocenters. The maximum absolute atomic E-state index is 11.1. The highest BCUT2D eigenvalue weighted by Crippen LogP contribution is 2.14. The van der Waals surface area contributed by atoms with Gasteiger partial charge in [0.1, 0.15) is 5.75 Å².